The number of halogens is 2. The molecule has 31 heavy (non-hydrogen) atoms. The first-order valence-electron chi connectivity index (χ1n) is 8.96. The summed E-state index contributed by atoms with van der Waals surface area (Å²) in [5.74, 6) is 0.992. The molecule has 1 aromatic carbocycles. The van der Waals surface area contributed by atoms with Crippen LogP contribution in [0.4, 0.5) is 16.3 Å². The van der Waals surface area contributed by atoms with Crippen LogP contribution in [0.15, 0.2) is 48.9 Å². The third kappa shape index (κ3) is 4.11. The van der Waals surface area contributed by atoms with E-state index in [2.05, 4.69) is 30.4 Å². The fourth-order valence-corrected chi connectivity index (χ4v) is 4.76. The van der Waals surface area contributed by atoms with Crippen molar-refractivity contribution in [3.63, 3.8) is 0 Å². The Morgan fingerprint density at radius 3 is 2.68 bits per heavy atom. The molecule has 0 unspecified atom stereocenters. The summed E-state index contributed by atoms with van der Waals surface area (Å²) in [6.45, 7) is 7.91. The SMILES string of the molecule is [C-]#[N+]c1c(-c2ccnc(NC(=O)NC)c2)sc(-c2ncc[nH]2)c1-c1ccc(Cl)cc1Cl. The van der Waals surface area contributed by atoms with Gasteiger partial charge in [-0.2, -0.15) is 0 Å². The number of aromatic amines is 1. The first kappa shape index (κ1) is 20.9. The van der Waals surface area contributed by atoms with Crippen LogP contribution >= 0.6 is 34.5 Å². The normalized spacial score (nSPS) is 10.5. The van der Waals surface area contributed by atoms with Crippen LogP contribution in [0.5, 0.6) is 0 Å². The summed E-state index contributed by atoms with van der Waals surface area (Å²) in [6.07, 6.45) is 4.95. The van der Waals surface area contributed by atoms with Crippen molar-refractivity contribution in [3.8, 4) is 32.3 Å². The Kier molecular flexibility index (Phi) is 5.91. The number of benzene rings is 1. The van der Waals surface area contributed by atoms with Gasteiger partial charge in [-0.15, -0.1) is 11.3 Å². The number of nitrogens with one attached hydrogen (secondary N) is 3. The lowest BCUT2D eigenvalue weighted by Gasteiger charge is -2.07. The Morgan fingerprint density at radius 1 is 1.16 bits per heavy atom. The van der Waals surface area contributed by atoms with E-state index in [4.69, 9.17) is 29.8 Å². The minimum absolute atomic E-state index is 0.367. The molecule has 10 heteroatoms. The Balaban J connectivity index is 1.94. The molecule has 4 rings (SSSR count). The van der Waals surface area contributed by atoms with Crippen molar-refractivity contribution in [1.82, 2.24) is 20.3 Å². The van der Waals surface area contributed by atoms with Crippen molar-refractivity contribution < 1.29 is 4.79 Å². The summed E-state index contributed by atoms with van der Waals surface area (Å²) in [7, 11) is 1.52. The maximum atomic E-state index is 11.7. The Bertz CT molecular complexity index is 1310. The van der Waals surface area contributed by atoms with E-state index in [1.54, 1.807) is 48.9 Å². The van der Waals surface area contributed by atoms with Crippen LogP contribution in [-0.2, 0) is 0 Å². The second-order valence-electron chi connectivity index (χ2n) is 6.29. The Morgan fingerprint density at radius 2 is 2.00 bits per heavy atom. The number of thiophene rings is 1. The molecule has 0 radical (unpaired) electrons. The zero-order valence-corrected chi connectivity index (χ0v) is 18.4. The molecule has 4 aromatic rings. The van der Waals surface area contributed by atoms with Gasteiger partial charge in [-0.05, 0) is 35.4 Å². The van der Waals surface area contributed by atoms with Crippen molar-refractivity contribution >= 4 is 52.1 Å². The van der Waals surface area contributed by atoms with Gasteiger partial charge in [0.1, 0.15) is 11.6 Å². The predicted molar refractivity (Wildman–Crippen MR) is 125 cm³/mol. The third-order valence-electron chi connectivity index (χ3n) is 4.40. The van der Waals surface area contributed by atoms with E-state index in [1.165, 1.54) is 18.4 Å². The predicted octanol–water partition coefficient (Wildman–Crippen LogP) is 6.48. The number of rotatable bonds is 4. The molecule has 154 valence electrons. The summed E-state index contributed by atoms with van der Waals surface area (Å²) < 4.78 is 0. The zero-order valence-electron chi connectivity index (χ0n) is 16.0. The largest absolute Gasteiger partial charge is 0.344 e. The Hall–Kier alpha value is -3.38. The van der Waals surface area contributed by atoms with E-state index < -0.39 is 0 Å². The number of imidazole rings is 1. The maximum absolute atomic E-state index is 11.7. The van der Waals surface area contributed by atoms with Gasteiger partial charge in [0.15, 0.2) is 0 Å². The zero-order chi connectivity index (χ0) is 22.0. The molecule has 0 fully saturated rings. The van der Waals surface area contributed by atoms with Gasteiger partial charge >= 0.3 is 6.03 Å². The molecule has 3 aromatic heterocycles. The van der Waals surface area contributed by atoms with Crippen LogP contribution in [0.2, 0.25) is 10.0 Å². The van der Waals surface area contributed by atoms with E-state index in [-0.39, 0.29) is 6.03 Å². The lowest BCUT2D eigenvalue weighted by Crippen LogP contribution is -2.24. The van der Waals surface area contributed by atoms with Crippen molar-refractivity contribution in [3.05, 3.63) is 70.4 Å². The molecule has 0 spiro atoms. The number of pyridine rings is 1. The molecular weight excluding hydrogens is 455 g/mol. The monoisotopic (exact) mass is 468 g/mol. The summed E-state index contributed by atoms with van der Waals surface area (Å²) in [6, 6.07) is 8.29. The van der Waals surface area contributed by atoms with E-state index in [0.29, 0.717) is 43.4 Å². The molecule has 0 bridgehead atoms. The van der Waals surface area contributed by atoms with Gasteiger partial charge < -0.3 is 10.3 Å². The summed E-state index contributed by atoms with van der Waals surface area (Å²) in [5, 5.41) is 6.08. The maximum Gasteiger partial charge on any atom is 0.320 e. The molecule has 2 amide bonds. The molecule has 0 aliphatic carbocycles. The highest BCUT2D eigenvalue weighted by atomic mass is 35.5. The molecule has 7 nitrogen and oxygen atoms in total. The molecule has 0 saturated carbocycles. The highest BCUT2D eigenvalue weighted by Gasteiger charge is 2.25. The highest BCUT2D eigenvalue weighted by molar-refractivity contribution is 7.20. The molecule has 3 heterocycles. The summed E-state index contributed by atoms with van der Waals surface area (Å²) in [4.78, 5) is 28.6. The number of carbonyl (C=O) groups is 1. The fourth-order valence-electron chi connectivity index (χ4n) is 3.04. The van der Waals surface area contributed by atoms with Crippen molar-refractivity contribution in [2.75, 3.05) is 12.4 Å². The quantitative estimate of drug-likeness (QED) is 0.299. The fraction of sp³-hybridized carbons (Fsp3) is 0.0476. The van der Waals surface area contributed by atoms with Crippen LogP contribution in [-0.4, -0.2) is 28.0 Å². The van der Waals surface area contributed by atoms with Crippen LogP contribution in [0.3, 0.4) is 0 Å². The molecular formula is C21H14Cl2N6OS. The number of hydrogen-bond donors (Lipinski definition) is 3. The average Bonchev–Trinajstić information content (AvgIpc) is 3.41. The number of hydrogen-bond acceptors (Lipinski definition) is 4. The van der Waals surface area contributed by atoms with Crippen LogP contribution < -0.4 is 10.6 Å². The van der Waals surface area contributed by atoms with Gasteiger partial charge in [0.2, 0.25) is 5.69 Å². The van der Waals surface area contributed by atoms with Gasteiger partial charge in [-0.1, -0.05) is 29.3 Å². The lowest BCUT2D eigenvalue weighted by molar-refractivity contribution is 0.254. The molecule has 0 aliphatic rings. The van der Waals surface area contributed by atoms with Crippen molar-refractivity contribution in [2.45, 2.75) is 0 Å². The number of carbonyl (C=O) groups excluding carboxylic acids is 1. The van der Waals surface area contributed by atoms with E-state index in [0.717, 1.165) is 10.4 Å². The third-order valence-corrected chi connectivity index (χ3v) is 6.18. The molecule has 0 aliphatic heterocycles. The number of anilines is 1. The first-order chi connectivity index (χ1) is 15.0. The Labute approximate surface area is 191 Å². The van der Waals surface area contributed by atoms with Gasteiger partial charge in [-0.3, -0.25) is 5.32 Å². The van der Waals surface area contributed by atoms with Crippen molar-refractivity contribution in [2.24, 2.45) is 0 Å². The van der Waals surface area contributed by atoms with Gasteiger partial charge in [0, 0.05) is 46.1 Å². The topological polar surface area (TPSA) is 87.1 Å². The second-order valence-corrected chi connectivity index (χ2v) is 8.16. The summed E-state index contributed by atoms with van der Waals surface area (Å²) >= 11 is 14.0. The lowest BCUT2D eigenvalue weighted by atomic mass is 10.0. The van der Waals surface area contributed by atoms with Gasteiger partial charge in [0.05, 0.1) is 11.4 Å². The van der Waals surface area contributed by atoms with Crippen LogP contribution in [0, 0.1) is 6.57 Å². The van der Waals surface area contributed by atoms with E-state index >= 15 is 0 Å². The van der Waals surface area contributed by atoms with E-state index in [1.807, 2.05) is 0 Å². The van der Waals surface area contributed by atoms with Gasteiger partial charge in [-0.25, -0.2) is 19.6 Å². The number of H-pyrrole nitrogens is 1. The smallest absolute Gasteiger partial charge is 0.320 e. The summed E-state index contributed by atoms with van der Waals surface area (Å²) in [5.41, 5.74) is 2.52. The standard InChI is InChI=1S/C21H14Cl2N6OS/c1-24-17-16(13-4-3-12(22)10-14(13)23)19(20-27-7-8-28-20)31-18(17)11-5-6-26-15(9-11)29-21(30)25-2/h3-10H,2H3,(H,27,28)(H2,25,26,29,30). The van der Waals surface area contributed by atoms with Gasteiger partial charge in [0.25, 0.3) is 0 Å². The minimum Gasteiger partial charge on any atom is -0.344 e. The van der Waals surface area contributed by atoms with Crippen LogP contribution in [0.1, 0.15) is 0 Å². The van der Waals surface area contributed by atoms with Crippen molar-refractivity contribution in [1.29, 1.82) is 0 Å². The first-order valence-corrected chi connectivity index (χ1v) is 10.5. The number of urea groups is 1. The van der Waals surface area contributed by atoms with E-state index in [9.17, 15) is 4.79 Å². The number of amides is 2. The number of nitrogens with zero attached hydrogens (tertiary/aromatic N) is 3. The average molecular weight is 469 g/mol. The minimum atomic E-state index is -0.383. The highest BCUT2D eigenvalue weighted by Crippen LogP contribution is 2.53. The van der Waals surface area contributed by atoms with Crippen LogP contribution in [0.25, 0.3) is 37.1 Å². The second kappa shape index (κ2) is 8.78. The molecule has 3 N–H and O–H groups in total. The molecule has 0 atom stereocenters. The number of aromatic nitrogens is 3. The molecule has 0 saturated heterocycles.